The van der Waals surface area contributed by atoms with E-state index in [1.54, 1.807) is 0 Å². The van der Waals surface area contributed by atoms with Crippen LogP contribution in [0.3, 0.4) is 0 Å². The fourth-order valence-corrected chi connectivity index (χ4v) is 6.52. The molecule has 4 rings (SSSR count). The maximum absolute atomic E-state index is 13.4. The van der Waals surface area contributed by atoms with Crippen LogP contribution < -0.4 is 5.73 Å². The highest BCUT2D eigenvalue weighted by molar-refractivity contribution is 7.90. The zero-order valence-electron chi connectivity index (χ0n) is 18.6. The van der Waals surface area contributed by atoms with Crippen LogP contribution in [0.4, 0.5) is 0 Å². The Labute approximate surface area is 194 Å². The van der Waals surface area contributed by atoms with E-state index in [0.717, 1.165) is 12.3 Å². The van der Waals surface area contributed by atoms with Crippen molar-refractivity contribution in [2.75, 3.05) is 20.4 Å². The Balaban J connectivity index is 2.00. The predicted molar refractivity (Wildman–Crippen MR) is 117 cm³/mol. The molecule has 4 unspecified atom stereocenters. The van der Waals surface area contributed by atoms with Gasteiger partial charge in [0.1, 0.15) is 22.8 Å². The van der Waals surface area contributed by atoms with Crippen molar-refractivity contribution >= 4 is 27.3 Å². The molecule has 11 nitrogen and oxygen atoms in total. The molecule has 0 heterocycles. The van der Waals surface area contributed by atoms with Gasteiger partial charge in [-0.05, 0) is 50.6 Å². The Morgan fingerprint density at radius 3 is 2.32 bits per heavy atom. The first-order valence-electron chi connectivity index (χ1n) is 10.3. The number of aliphatic hydroxyl groups is 3. The number of primary amides is 1. The van der Waals surface area contributed by atoms with Crippen molar-refractivity contribution < 1.29 is 43.2 Å². The van der Waals surface area contributed by atoms with E-state index in [1.165, 1.54) is 25.1 Å². The summed E-state index contributed by atoms with van der Waals surface area (Å²) in [5.41, 5.74) is 1.02. The van der Waals surface area contributed by atoms with E-state index >= 15 is 0 Å². The zero-order chi connectivity index (χ0) is 25.5. The summed E-state index contributed by atoms with van der Waals surface area (Å²) in [6.45, 7) is 0. The number of phenolic OH excluding ortho intramolecular Hbond substituents is 1. The third-order valence-corrected chi connectivity index (χ3v) is 8.14. The lowest BCUT2D eigenvalue weighted by Gasteiger charge is -2.50. The van der Waals surface area contributed by atoms with Crippen LogP contribution in [0.15, 0.2) is 39.7 Å². The second-order valence-corrected chi connectivity index (χ2v) is 11.2. The Hall–Kier alpha value is -3.22. The lowest BCUT2D eigenvalue weighted by molar-refractivity contribution is -0.148. The minimum absolute atomic E-state index is 0.0700. The number of hydrogen-bond donors (Lipinski definition) is 5. The summed E-state index contributed by atoms with van der Waals surface area (Å²) in [4.78, 5) is 39.8. The molecule has 12 heteroatoms. The summed E-state index contributed by atoms with van der Waals surface area (Å²) in [7, 11) is -0.740. The van der Waals surface area contributed by atoms with Crippen LogP contribution in [0.5, 0.6) is 5.75 Å². The first kappa shape index (κ1) is 23.9. The molecule has 182 valence electrons. The number of likely N-dealkylation sites (N-methyl/N-ethyl adjacent to an activating group) is 1. The molecule has 0 fully saturated rings. The van der Waals surface area contributed by atoms with Crippen LogP contribution in [0, 0.1) is 11.8 Å². The van der Waals surface area contributed by atoms with Crippen LogP contribution in [-0.4, -0.2) is 83.2 Å². The number of amides is 1. The van der Waals surface area contributed by atoms with Crippen LogP contribution in [-0.2, 0) is 25.8 Å². The van der Waals surface area contributed by atoms with Crippen molar-refractivity contribution in [3.8, 4) is 5.75 Å². The van der Waals surface area contributed by atoms with Gasteiger partial charge in [-0.2, -0.15) is 0 Å². The molecule has 3 aliphatic rings. The average molecular weight is 493 g/mol. The van der Waals surface area contributed by atoms with Gasteiger partial charge in [0.2, 0.25) is 5.78 Å². The van der Waals surface area contributed by atoms with Gasteiger partial charge in [0.15, 0.2) is 21.2 Å². The van der Waals surface area contributed by atoms with Crippen molar-refractivity contribution in [1.29, 1.82) is 0 Å². The molecule has 0 aromatic heterocycles. The maximum atomic E-state index is 13.4. The summed E-state index contributed by atoms with van der Waals surface area (Å²) in [6.07, 6.45) is 0.749. The number of nitrogens with two attached hydrogens (primary N) is 1. The molecule has 1 amide bonds. The molecule has 0 bridgehead atoms. The van der Waals surface area contributed by atoms with Gasteiger partial charge in [-0.1, -0.05) is 0 Å². The number of aromatic hydroxyl groups is 1. The highest BCUT2D eigenvalue weighted by atomic mass is 32.2. The molecule has 4 atom stereocenters. The molecular weight excluding hydrogens is 468 g/mol. The van der Waals surface area contributed by atoms with Gasteiger partial charge < -0.3 is 26.2 Å². The van der Waals surface area contributed by atoms with Gasteiger partial charge in [0.25, 0.3) is 5.91 Å². The van der Waals surface area contributed by atoms with Crippen LogP contribution in [0.2, 0.25) is 0 Å². The number of carbonyl (C=O) groups excluding carboxylic acids is 3. The van der Waals surface area contributed by atoms with E-state index in [-0.39, 0.29) is 34.4 Å². The van der Waals surface area contributed by atoms with Crippen LogP contribution in [0.25, 0.3) is 0 Å². The molecule has 0 spiro atoms. The van der Waals surface area contributed by atoms with E-state index in [2.05, 4.69) is 0 Å². The second-order valence-electron chi connectivity index (χ2n) is 9.17. The molecule has 6 N–H and O–H groups in total. The number of phenols is 1. The van der Waals surface area contributed by atoms with Gasteiger partial charge >= 0.3 is 0 Å². The lowest BCUT2D eigenvalue weighted by Crippen LogP contribution is -2.63. The molecule has 1 aromatic carbocycles. The molecule has 1 aromatic rings. The summed E-state index contributed by atoms with van der Waals surface area (Å²) in [5.74, 6) is -7.80. The third-order valence-electron chi connectivity index (χ3n) is 6.96. The zero-order valence-corrected chi connectivity index (χ0v) is 19.4. The van der Waals surface area contributed by atoms with Gasteiger partial charge in [-0.3, -0.25) is 19.3 Å². The van der Waals surface area contributed by atoms with E-state index < -0.39 is 73.6 Å². The maximum Gasteiger partial charge on any atom is 0.255 e. The number of ketones is 2. The number of sulfone groups is 1. The summed E-state index contributed by atoms with van der Waals surface area (Å²) in [5, 5.41) is 43.7. The highest BCUT2D eigenvalue weighted by Gasteiger charge is 2.63. The fraction of sp³-hybridized carbons (Fsp3) is 0.409. The minimum atomic E-state index is -3.78. The fourth-order valence-electron chi connectivity index (χ4n) is 5.57. The van der Waals surface area contributed by atoms with Crippen LogP contribution in [0.1, 0.15) is 22.3 Å². The Morgan fingerprint density at radius 2 is 1.79 bits per heavy atom. The lowest BCUT2D eigenvalue weighted by atomic mass is 9.58. The second kappa shape index (κ2) is 7.39. The van der Waals surface area contributed by atoms with E-state index in [1.807, 2.05) is 0 Å². The minimum Gasteiger partial charge on any atom is -0.510 e. The number of rotatable bonds is 3. The van der Waals surface area contributed by atoms with E-state index in [0.29, 0.717) is 0 Å². The van der Waals surface area contributed by atoms with Crippen molar-refractivity contribution in [3.05, 3.63) is 45.9 Å². The Kier molecular flexibility index (Phi) is 5.20. The molecule has 0 saturated carbocycles. The van der Waals surface area contributed by atoms with Gasteiger partial charge in [-0.15, -0.1) is 0 Å². The number of aliphatic hydroxyl groups excluding tert-OH is 2. The van der Waals surface area contributed by atoms with Crippen molar-refractivity contribution in [2.24, 2.45) is 17.6 Å². The topological polar surface area (TPSA) is 196 Å². The molecule has 34 heavy (non-hydrogen) atoms. The summed E-state index contributed by atoms with van der Waals surface area (Å²) < 4.78 is 24.6. The number of fused-ring (bicyclic) bond motifs is 3. The standard InChI is InChI=1S/C22H24N2O9S/c1-24(2)16-10-7-8-6-9-12(34(3,32)33)5-4-11(25)14(9)17(26)13(8)19(28)22(10,31)20(29)15(18(16)27)21(23)30/h4-5,8,10,16,25,27-28,31H,6-7H2,1-3H3,(H2,23,30). The quantitative estimate of drug-likeness (QED) is 0.344. The molecule has 0 saturated heterocycles. The van der Waals surface area contributed by atoms with Crippen LogP contribution >= 0.6 is 0 Å². The number of hydrogen-bond acceptors (Lipinski definition) is 10. The molecular formula is C22H24N2O9S. The normalized spacial score (nSPS) is 29.1. The first-order chi connectivity index (χ1) is 15.6. The molecule has 0 aliphatic heterocycles. The SMILES string of the molecule is CN(C)C1C(O)=C(C(N)=O)C(=O)C2(O)C(O)=C3C(=O)c4c(O)ccc(S(C)(=O)=O)c4CC3CC12. The number of Topliss-reactive ketones (excluding diaryl/α,β-unsaturated/α-hetero) is 2. The molecule has 0 radical (unpaired) electrons. The van der Waals surface area contributed by atoms with E-state index in [4.69, 9.17) is 5.73 Å². The van der Waals surface area contributed by atoms with Crippen molar-refractivity contribution in [3.63, 3.8) is 0 Å². The van der Waals surface area contributed by atoms with Gasteiger partial charge in [0, 0.05) is 17.7 Å². The Morgan fingerprint density at radius 1 is 1.18 bits per heavy atom. The molecule has 3 aliphatic carbocycles. The van der Waals surface area contributed by atoms with Gasteiger partial charge in [-0.25, -0.2) is 8.42 Å². The smallest absolute Gasteiger partial charge is 0.255 e. The van der Waals surface area contributed by atoms with Crippen molar-refractivity contribution in [1.82, 2.24) is 4.90 Å². The largest absolute Gasteiger partial charge is 0.510 e. The highest BCUT2D eigenvalue weighted by Crippen LogP contribution is 2.52. The summed E-state index contributed by atoms with van der Waals surface area (Å²) >= 11 is 0. The summed E-state index contributed by atoms with van der Waals surface area (Å²) in [6, 6.07) is 1.11. The predicted octanol–water partition coefficient (Wildman–Crippen LogP) is -0.476. The van der Waals surface area contributed by atoms with Crippen molar-refractivity contribution in [2.45, 2.75) is 29.4 Å². The third kappa shape index (κ3) is 3.02. The monoisotopic (exact) mass is 492 g/mol. The van der Waals surface area contributed by atoms with Gasteiger partial charge in [0.05, 0.1) is 16.5 Å². The number of nitrogens with zero attached hydrogens (tertiary/aromatic N) is 1. The number of carbonyl (C=O) groups is 3. The first-order valence-corrected chi connectivity index (χ1v) is 12.2. The average Bonchev–Trinajstić information content (AvgIpc) is 2.69. The number of allylic oxidation sites excluding steroid dienone is 1. The van der Waals surface area contributed by atoms with E-state index in [9.17, 15) is 43.2 Å². The number of benzene rings is 1. The Bertz CT molecular complexity index is 1340.